The topological polar surface area (TPSA) is 63.6 Å². The highest BCUT2D eigenvalue weighted by molar-refractivity contribution is 6.10. The lowest BCUT2D eigenvalue weighted by Crippen LogP contribution is -2.14. The minimum Gasteiger partial charge on any atom is -0.507 e. The van der Waals surface area contributed by atoms with Gasteiger partial charge >= 0.3 is 5.97 Å². The molecule has 4 nitrogen and oxygen atoms in total. The molecular weight excluding hydrogens is 436 g/mol. The average Bonchev–Trinajstić information content (AvgIpc) is 2.89. The standard InChI is InChI=1S/C31H34O4/c1-2-3-5-8-22-11-13-23(14-12-22)24-15-17-26(18-16-24)31(34)35-27-19-20-28(29(32)21-27)30(33)25-9-6-4-7-10-25/h4,6-7,9-10,15-23,32H,2-3,5,8,11-14H2,1H3. The van der Waals surface area contributed by atoms with Gasteiger partial charge in [0.05, 0.1) is 11.1 Å². The van der Waals surface area contributed by atoms with Gasteiger partial charge in [-0.15, -0.1) is 0 Å². The fourth-order valence-corrected chi connectivity index (χ4v) is 5.04. The van der Waals surface area contributed by atoms with E-state index in [4.69, 9.17) is 4.74 Å². The molecule has 1 N–H and O–H groups in total. The molecule has 0 aromatic heterocycles. The van der Waals surface area contributed by atoms with Crippen LogP contribution in [0.1, 0.15) is 96.1 Å². The van der Waals surface area contributed by atoms with Gasteiger partial charge in [0.25, 0.3) is 0 Å². The van der Waals surface area contributed by atoms with Crippen molar-refractivity contribution in [2.24, 2.45) is 5.92 Å². The van der Waals surface area contributed by atoms with Gasteiger partial charge in [-0.3, -0.25) is 4.79 Å². The lowest BCUT2D eigenvalue weighted by molar-refractivity contribution is 0.0734. The van der Waals surface area contributed by atoms with E-state index in [1.54, 1.807) is 24.3 Å². The smallest absolute Gasteiger partial charge is 0.343 e. The van der Waals surface area contributed by atoms with Gasteiger partial charge in [0.15, 0.2) is 5.78 Å². The minimum atomic E-state index is -0.488. The van der Waals surface area contributed by atoms with Crippen LogP contribution in [-0.4, -0.2) is 16.9 Å². The molecule has 0 amide bonds. The van der Waals surface area contributed by atoms with Crippen LogP contribution >= 0.6 is 0 Å². The van der Waals surface area contributed by atoms with Crippen LogP contribution in [0, 0.1) is 5.92 Å². The summed E-state index contributed by atoms with van der Waals surface area (Å²) in [4.78, 5) is 25.2. The largest absolute Gasteiger partial charge is 0.507 e. The Morgan fingerprint density at radius 1 is 0.857 bits per heavy atom. The van der Waals surface area contributed by atoms with Crippen molar-refractivity contribution in [1.29, 1.82) is 0 Å². The molecule has 1 fully saturated rings. The summed E-state index contributed by atoms with van der Waals surface area (Å²) in [6.07, 6.45) is 10.4. The average molecular weight is 471 g/mol. The molecule has 0 saturated heterocycles. The maximum Gasteiger partial charge on any atom is 0.343 e. The zero-order chi connectivity index (χ0) is 24.6. The molecular formula is C31H34O4. The van der Waals surface area contributed by atoms with Crippen molar-refractivity contribution in [3.05, 3.63) is 95.1 Å². The Kier molecular flexibility index (Phi) is 8.36. The number of unbranched alkanes of at least 4 members (excludes halogenated alkanes) is 2. The Bertz CT molecular complexity index is 1130. The van der Waals surface area contributed by atoms with E-state index in [0.717, 1.165) is 5.92 Å². The molecule has 3 aromatic rings. The SMILES string of the molecule is CCCCCC1CCC(c2ccc(C(=O)Oc3ccc(C(=O)c4ccccc4)c(O)c3)cc2)CC1. The van der Waals surface area contributed by atoms with E-state index in [1.165, 1.54) is 75.1 Å². The molecule has 4 heteroatoms. The van der Waals surface area contributed by atoms with Crippen molar-refractivity contribution in [3.63, 3.8) is 0 Å². The quantitative estimate of drug-likeness (QED) is 0.151. The van der Waals surface area contributed by atoms with Crippen molar-refractivity contribution in [2.45, 2.75) is 64.2 Å². The van der Waals surface area contributed by atoms with Crippen molar-refractivity contribution in [2.75, 3.05) is 0 Å². The van der Waals surface area contributed by atoms with E-state index in [9.17, 15) is 14.7 Å². The molecule has 1 aliphatic rings. The molecule has 1 saturated carbocycles. The van der Waals surface area contributed by atoms with Crippen LogP contribution in [0.3, 0.4) is 0 Å². The van der Waals surface area contributed by atoms with Crippen LogP contribution in [0.2, 0.25) is 0 Å². The summed E-state index contributed by atoms with van der Waals surface area (Å²) in [5.74, 6) is 0.642. The van der Waals surface area contributed by atoms with Gasteiger partial charge in [-0.05, 0) is 67.3 Å². The minimum absolute atomic E-state index is 0.167. The predicted octanol–water partition coefficient (Wildman–Crippen LogP) is 7.70. The maximum absolute atomic E-state index is 12.7. The molecule has 0 spiro atoms. The first-order valence-electron chi connectivity index (χ1n) is 12.8. The summed E-state index contributed by atoms with van der Waals surface area (Å²) in [7, 11) is 0. The normalized spacial score (nSPS) is 17.6. The summed E-state index contributed by atoms with van der Waals surface area (Å²) in [5, 5.41) is 10.4. The van der Waals surface area contributed by atoms with Crippen LogP contribution in [-0.2, 0) is 0 Å². The first-order valence-corrected chi connectivity index (χ1v) is 12.8. The van der Waals surface area contributed by atoms with E-state index in [-0.39, 0.29) is 22.8 Å². The number of esters is 1. The molecule has 0 aliphatic heterocycles. The number of aromatic hydroxyl groups is 1. The summed E-state index contributed by atoms with van der Waals surface area (Å²) >= 11 is 0. The van der Waals surface area contributed by atoms with E-state index < -0.39 is 5.97 Å². The van der Waals surface area contributed by atoms with Gasteiger partial charge in [0.1, 0.15) is 11.5 Å². The van der Waals surface area contributed by atoms with Gasteiger partial charge in [0, 0.05) is 11.6 Å². The Morgan fingerprint density at radius 3 is 2.23 bits per heavy atom. The zero-order valence-corrected chi connectivity index (χ0v) is 20.4. The van der Waals surface area contributed by atoms with Gasteiger partial charge in [-0.25, -0.2) is 4.79 Å². The number of carbonyl (C=O) groups is 2. The molecule has 0 heterocycles. The molecule has 0 bridgehead atoms. The van der Waals surface area contributed by atoms with Crippen molar-refractivity contribution in [3.8, 4) is 11.5 Å². The molecule has 4 rings (SSSR count). The highest BCUT2D eigenvalue weighted by Crippen LogP contribution is 2.38. The molecule has 182 valence electrons. The molecule has 0 unspecified atom stereocenters. The summed E-state index contributed by atoms with van der Waals surface area (Å²) in [6.45, 7) is 2.26. The monoisotopic (exact) mass is 470 g/mol. The highest BCUT2D eigenvalue weighted by atomic mass is 16.5. The Hall–Kier alpha value is -3.40. The molecule has 1 aliphatic carbocycles. The van der Waals surface area contributed by atoms with Crippen LogP contribution < -0.4 is 4.74 Å². The summed E-state index contributed by atoms with van der Waals surface area (Å²) < 4.78 is 5.46. The van der Waals surface area contributed by atoms with Crippen LogP contribution in [0.5, 0.6) is 11.5 Å². The van der Waals surface area contributed by atoms with Crippen LogP contribution in [0.25, 0.3) is 0 Å². The Labute approximate surface area is 208 Å². The van der Waals surface area contributed by atoms with E-state index in [1.807, 2.05) is 30.3 Å². The fourth-order valence-electron chi connectivity index (χ4n) is 5.04. The third kappa shape index (κ3) is 6.39. The lowest BCUT2D eigenvalue weighted by atomic mass is 9.77. The number of hydrogen-bond donors (Lipinski definition) is 1. The number of hydrogen-bond acceptors (Lipinski definition) is 4. The second kappa shape index (κ2) is 11.8. The predicted molar refractivity (Wildman–Crippen MR) is 138 cm³/mol. The lowest BCUT2D eigenvalue weighted by Gasteiger charge is -2.29. The number of ether oxygens (including phenoxy) is 1. The van der Waals surface area contributed by atoms with E-state index in [0.29, 0.717) is 17.0 Å². The second-order valence-electron chi connectivity index (χ2n) is 9.60. The number of ketones is 1. The van der Waals surface area contributed by atoms with Gasteiger partial charge in [0.2, 0.25) is 0 Å². The number of phenols is 1. The first-order chi connectivity index (χ1) is 17.0. The Balaban J connectivity index is 1.33. The third-order valence-corrected chi connectivity index (χ3v) is 7.14. The van der Waals surface area contributed by atoms with Crippen molar-refractivity contribution in [1.82, 2.24) is 0 Å². The molecule has 35 heavy (non-hydrogen) atoms. The molecule has 0 atom stereocenters. The van der Waals surface area contributed by atoms with Gasteiger partial charge < -0.3 is 9.84 Å². The maximum atomic E-state index is 12.7. The summed E-state index contributed by atoms with van der Waals surface area (Å²) in [5.41, 5.74) is 2.40. The Morgan fingerprint density at radius 2 is 1.57 bits per heavy atom. The van der Waals surface area contributed by atoms with Crippen LogP contribution in [0.15, 0.2) is 72.8 Å². The first kappa shape index (κ1) is 24.7. The number of rotatable bonds is 9. The van der Waals surface area contributed by atoms with Gasteiger partial charge in [-0.2, -0.15) is 0 Å². The van der Waals surface area contributed by atoms with Crippen LogP contribution in [0.4, 0.5) is 0 Å². The number of carbonyl (C=O) groups excluding carboxylic acids is 2. The fraction of sp³-hybridized carbons (Fsp3) is 0.355. The summed E-state index contributed by atoms with van der Waals surface area (Å²) in [6, 6.07) is 20.8. The molecule has 0 radical (unpaired) electrons. The second-order valence-corrected chi connectivity index (χ2v) is 9.60. The highest BCUT2D eigenvalue weighted by Gasteiger charge is 2.22. The molecule has 3 aromatic carbocycles. The van der Waals surface area contributed by atoms with Crippen molar-refractivity contribution >= 4 is 11.8 Å². The number of phenolic OH excluding ortho intramolecular Hbond substituents is 1. The third-order valence-electron chi connectivity index (χ3n) is 7.14. The van der Waals surface area contributed by atoms with Crippen molar-refractivity contribution < 1.29 is 19.4 Å². The van der Waals surface area contributed by atoms with Gasteiger partial charge in [-0.1, -0.05) is 75.1 Å². The van der Waals surface area contributed by atoms with E-state index >= 15 is 0 Å². The zero-order valence-electron chi connectivity index (χ0n) is 20.4. The van der Waals surface area contributed by atoms with E-state index in [2.05, 4.69) is 6.92 Å². The number of benzene rings is 3.